The summed E-state index contributed by atoms with van der Waals surface area (Å²) in [5, 5.41) is 1.25. The number of para-hydroxylation sites is 1. The Morgan fingerprint density at radius 2 is 1.94 bits per heavy atom. The number of hydrogen-bond acceptors (Lipinski definition) is 2. The molecule has 96 valence electrons. The summed E-state index contributed by atoms with van der Waals surface area (Å²) in [6, 6.07) is 8.43. The fourth-order valence-corrected chi connectivity index (χ4v) is 3.00. The number of piperidine rings is 1. The van der Waals surface area contributed by atoms with Crippen LogP contribution in [0.3, 0.4) is 0 Å². The Balaban J connectivity index is 1.92. The predicted molar refractivity (Wildman–Crippen MR) is 76.5 cm³/mol. The second-order valence-corrected chi connectivity index (χ2v) is 5.32. The molecule has 0 saturated carbocycles. The molecule has 1 aromatic heterocycles. The highest BCUT2D eigenvalue weighted by Crippen LogP contribution is 2.25. The van der Waals surface area contributed by atoms with Gasteiger partial charge in [-0.05, 0) is 38.1 Å². The maximum absolute atomic E-state index is 6.07. The van der Waals surface area contributed by atoms with Crippen molar-refractivity contribution < 1.29 is 0 Å². The molecule has 1 aromatic carbocycles. The second kappa shape index (κ2) is 4.65. The smallest absolute Gasteiger partial charge is 0.0713 e. The van der Waals surface area contributed by atoms with Gasteiger partial charge in [0.1, 0.15) is 0 Å². The molecule has 0 aliphatic carbocycles. The number of rotatable bonds is 2. The van der Waals surface area contributed by atoms with E-state index < -0.39 is 0 Å². The zero-order valence-electron chi connectivity index (χ0n) is 11.0. The number of aromatic nitrogens is 1. The van der Waals surface area contributed by atoms with Gasteiger partial charge in [-0.1, -0.05) is 18.6 Å². The summed E-state index contributed by atoms with van der Waals surface area (Å²) in [6.07, 6.45) is 4.07. The highest BCUT2D eigenvalue weighted by atomic mass is 15.1. The van der Waals surface area contributed by atoms with E-state index in [1.54, 1.807) is 0 Å². The van der Waals surface area contributed by atoms with Crippen molar-refractivity contribution in [1.29, 1.82) is 0 Å². The van der Waals surface area contributed by atoms with E-state index in [-0.39, 0.29) is 0 Å². The highest BCUT2D eigenvalue weighted by molar-refractivity contribution is 5.91. The summed E-state index contributed by atoms with van der Waals surface area (Å²) >= 11 is 0. The zero-order valence-corrected chi connectivity index (χ0v) is 11.0. The van der Waals surface area contributed by atoms with Crippen molar-refractivity contribution in [3.63, 3.8) is 0 Å². The minimum absolute atomic E-state index is 0.875. The van der Waals surface area contributed by atoms with Gasteiger partial charge < -0.3 is 10.3 Å². The first kappa shape index (κ1) is 11.6. The highest BCUT2D eigenvalue weighted by Gasteiger charge is 2.14. The number of nitrogen functional groups attached to an aromatic ring is 1. The van der Waals surface area contributed by atoms with Gasteiger partial charge in [-0.3, -0.25) is 4.90 Å². The first-order chi connectivity index (χ1) is 8.75. The molecule has 0 amide bonds. The molecule has 0 unspecified atom stereocenters. The Morgan fingerprint density at radius 3 is 2.67 bits per heavy atom. The third-order valence-electron chi connectivity index (χ3n) is 4.02. The molecule has 1 saturated heterocycles. The molecule has 0 radical (unpaired) electrons. The van der Waals surface area contributed by atoms with Crippen LogP contribution in [0.5, 0.6) is 0 Å². The van der Waals surface area contributed by atoms with Gasteiger partial charge in [-0.2, -0.15) is 0 Å². The Morgan fingerprint density at radius 1 is 1.17 bits per heavy atom. The fraction of sp³-hybridized carbons (Fsp3) is 0.467. The molecule has 2 aromatic rings. The van der Waals surface area contributed by atoms with Gasteiger partial charge in [0.2, 0.25) is 0 Å². The minimum Gasteiger partial charge on any atom is -0.397 e. The number of nitrogens with two attached hydrogens (primary N) is 1. The largest absolute Gasteiger partial charge is 0.397 e. The van der Waals surface area contributed by atoms with Gasteiger partial charge in [-0.25, -0.2) is 0 Å². The standard InChI is InChI=1S/C15H21N3/c1-17-13(11-18-8-3-2-4-9-18)10-12-6-5-7-14(16)15(12)17/h5-7,10H,2-4,8-9,11,16H2,1H3. The average molecular weight is 243 g/mol. The topological polar surface area (TPSA) is 34.2 Å². The number of anilines is 1. The van der Waals surface area contributed by atoms with Gasteiger partial charge in [-0.15, -0.1) is 0 Å². The summed E-state index contributed by atoms with van der Waals surface area (Å²) < 4.78 is 2.25. The van der Waals surface area contributed by atoms with Gasteiger partial charge >= 0.3 is 0 Å². The monoisotopic (exact) mass is 243 g/mol. The van der Waals surface area contributed by atoms with E-state index in [1.165, 1.54) is 48.9 Å². The third-order valence-corrected chi connectivity index (χ3v) is 4.02. The molecule has 1 aliphatic rings. The number of fused-ring (bicyclic) bond motifs is 1. The molecule has 0 atom stereocenters. The van der Waals surface area contributed by atoms with Crippen LogP contribution in [0.4, 0.5) is 5.69 Å². The SMILES string of the molecule is Cn1c(CN2CCCCC2)cc2cccc(N)c21. The third kappa shape index (κ3) is 1.99. The lowest BCUT2D eigenvalue weighted by Gasteiger charge is -2.26. The van der Waals surface area contributed by atoms with Crippen LogP contribution in [0.25, 0.3) is 10.9 Å². The van der Waals surface area contributed by atoms with Gasteiger partial charge in [0, 0.05) is 24.7 Å². The van der Waals surface area contributed by atoms with E-state index in [9.17, 15) is 0 Å². The summed E-state index contributed by atoms with van der Waals surface area (Å²) in [4.78, 5) is 2.55. The van der Waals surface area contributed by atoms with Crippen molar-refractivity contribution in [3.05, 3.63) is 30.0 Å². The Labute approximate surface area is 108 Å². The lowest BCUT2D eigenvalue weighted by Crippen LogP contribution is -2.29. The maximum atomic E-state index is 6.07. The van der Waals surface area contributed by atoms with E-state index >= 15 is 0 Å². The van der Waals surface area contributed by atoms with E-state index in [1.807, 2.05) is 12.1 Å². The van der Waals surface area contributed by atoms with Crippen LogP contribution >= 0.6 is 0 Å². The molecule has 3 nitrogen and oxygen atoms in total. The van der Waals surface area contributed by atoms with Gasteiger partial charge in [0.15, 0.2) is 0 Å². The molecule has 0 bridgehead atoms. The van der Waals surface area contributed by atoms with E-state index in [0.29, 0.717) is 0 Å². The zero-order chi connectivity index (χ0) is 12.5. The molecule has 1 aliphatic heterocycles. The van der Waals surface area contributed by atoms with Crippen molar-refractivity contribution in [1.82, 2.24) is 9.47 Å². The summed E-state index contributed by atoms with van der Waals surface area (Å²) in [5.41, 5.74) is 9.48. The first-order valence-electron chi connectivity index (χ1n) is 6.81. The molecule has 3 heteroatoms. The number of likely N-dealkylation sites (tertiary alicyclic amines) is 1. The molecule has 1 fully saturated rings. The normalized spacial score (nSPS) is 17.4. The van der Waals surface area contributed by atoms with E-state index in [4.69, 9.17) is 5.73 Å². The molecular weight excluding hydrogens is 222 g/mol. The fourth-order valence-electron chi connectivity index (χ4n) is 3.00. The van der Waals surface area contributed by atoms with Crippen molar-refractivity contribution in [2.24, 2.45) is 7.05 Å². The first-order valence-corrected chi connectivity index (χ1v) is 6.81. The van der Waals surface area contributed by atoms with Crippen LogP contribution in [0.15, 0.2) is 24.3 Å². The van der Waals surface area contributed by atoms with Crippen molar-refractivity contribution in [2.75, 3.05) is 18.8 Å². The number of benzene rings is 1. The van der Waals surface area contributed by atoms with Gasteiger partial charge in [0.25, 0.3) is 0 Å². The van der Waals surface area contributed by atoms with Gasteiger partial charge in [0.05, 0.1) is 11.2 Å². The summed E-state index contributed by atoms with van der Waals surface area (Å²) in [7, 11) is 2.12. The average Bonchev–Trinajstić information content (AvgIpc) is 2.69. The molecule has 0 spiro atoms. The van der Waals surface area contributed by atoms with Crippen LogP contribution in [0, 0.1) is 0 Å². The molecule has 3 rings (SSSR count). The van der Waals surface area contributed by atoms with Crippen molar-refractivity contribution in [3.8, 4) is 0 Å². The molecule has 2 heterocycles. The van der Waals surface area contributed by atoms with Crippen LogP contribution in [0.2, 0.25) is 0 Å². The lowest BCUT2D eigenvalue weighted by molar-refractivity contribution is 0.217. The molecule has 2 N–H and O–H groups in total. The second-order valence-electron chi connectivity index (χ2n) is 5.32. The van der Waals surface area contributed by atoms with Crippen LogP contribution in [-0.4, -0.2) is 22.6 Å². The summed E-state index contributed by atoms with van der Waals surface area (Å²) in [5.74, 6) is 0. The Kier molecular flexibility index (Phi) is 3.00. The van der Waals surface area contributed by atoms with E-state index in [2.05, 4.69) is 28.6 Å². The molecular formula is C15H21N3. The number of aryl methyl sites for hydroxylation is 1. The minimum atomic E-state index is 0.875. The van der Waals surface area contributed by atoms with Crippen LogP contribution in [0.1, 0.15) is 25.0 Å². The van der Waals surface area contributed by atoms with Crippen LogP contribution < -0.4 is 5.73 Å². The summed E-state index contributed by atoms with van der Waals surface area (Å²) in [6.45, 7) is 3.51. The lowest BCUT2D eigenvalue weighted by atomic mass is 10.1. The number of hydrogen-bond donors (Lipinski definition) is 1. The maximum Gasteiger partial charge on any atom is 0.0713 e. The number of nitrogens with zero attached hydrogens (tertiary/aromatic N) is 2. The van der Waals surface area contributed by atoms with Crippen molar-refractivity contribution >= 4 is 16.6 Å². The van der Waals surface area contributed by atoms with E-state index in [0.717, 1.165) is 12.2 Å². The quantitative estimate of drug-likeness (QED) is 0.823. The predicted octanol–water partition coefficient (Wildman–Crippen LogP) is 2.75. The van der Waals surface area contributed by atoms with Crippen LogP contribution in [-0.2, 0) is 13.6 Å². The Bertz CT molecular complexity index is 550. The molecule has 18 heavy (non-hydrogen) atoms. The van der Waals surface area contributed by atoms with Crippen molar-refractivity contribution in [2.45, 2.75) is 25.8 Å². The Hall–Kier alpha value is -1.48.